The summed E-state index contributed by atoms with van der Waals surface area (Å²) in [6, 6.07) is 8.99. The highest BCUT2D eigenvalue weighted by molar-refractivity contribution is 5.17. The number of nitrogens with zero attached hydrogens (tertiary/aromatic N) is 3. The van der Waals surface area contributed by atoms with Crippen molar-refractivity contribution in [3.8, 4) is 0 Å². The molecule has 0 spiro atoms. The lowest BCUT2D eigenvalue weighted by Crippen LogP contribution is -2.28. The molecule has 1 saturated heterocycles. The topological polar surface area (TPSA) is 33.1 Å². The van der Waals surface area contributed by atoms with Crippen LogP contribution in [0.15, 0.2) is 42.9 Å². The minimum absolute atomic E-state index is 0.486. The van der Waals surface area contributed by atoms with Gasteiger partial charge in [-0.1, -0.05) is 6.07 Å². The van der Waals surface area contributed by atoms with E-state index in [1.807, 2.05) is 18.5 Å². The molecule has 1 fully saturated rings. The Balaban J connectivity index is 1.60. The van der Waals surface area contributed by atoms with Crippen LogP contribution in [0.25, 0.3) is 0 Å². The normalized spacial score (nSPS) is 22.8. The molecular formula is C17H24N4. The summed E-state index contributed by atoms with van der Waals surface area (Å²) in [5.74, 6) is 0.652. The molecule has 1 N–H and O–H groups in total. The Hall–Kier alpha value is -1.65. The molecule has 2 aromatic heterocycles. The Morgan fingerprint density at radius 1 is 1.29 bits per heavy atom. The smallest absolute Gasteiger partial charge is 0.0401 e. The third-order valence-corrected chi connectivity index (χ3v) is 4.56. The zero-order valence-electron chi connectivity index (χ0n) is 12.9. The number of pyridine rings is 1. The van der Waals surface area contributed by atoms with E-state index in [1.54, 1.807) is 0 Å². The highest BCUT2D eigenvalue weighted by Gasteiger charge is 2.32. The molecule has 21 heavy (non-hydrogen) atoms. The summed E-state index contributed by atoms with van der Waals surface area (Å²) in [7, 11) is 4.31. The fraction of sp³-hybridized carbons (Fsp3) is 0.471. The summed E-state index contributed by atoms with van der Waals surface area (Å²) in [4.78, 5) is 6.73. The van der Waals surface area contributed by atoms with Crippen LogP contribution in [0.1, 0.15) is 23.7 Å². The van der Waals surface area contributed by atoms with Crippen LogP contribution in [0.3, 0.4) is 0 Å². The molecule has 1 aliphatic rings. The van der Waals surface area contributed by atoms with Gasteiger partial charge in [-0.25, -0.2) is 0 Å². The van der Waals surface area contributed by atoms with Crippen LogP contribution in [0.2, 0.25) is 0 Å². The first kappa shape index (κ1) is 14.3. The van der Waals surface area contributed by atoms with E-state index in [0.29, 0.717) is 12.0 Å². The average Bonchev–Trinajstić information content (AvgIpc) is 3.07. The lowest BCUT2D eigenvalue weighted by molar-refractivity contribution is 0.271. The van der Waals surface area contributed by atoms with Gasteiger partial charge in [-0.2, -0.15) is 0 Å². The van der Waals surface area contributed by atoms with Crippen molar-refractivity contribution in [1.29, 1.82) is 0 Å². The van der Waals surface area contributed by atoms with E-state index in [0.717, 1.165) is 19.6 Å². The number of rotatable bonds is 5. The van der Waals surface area contributed by atoms with Crippen molar-refractivity contribution < 1.29 is 0 Å². The standard InChI is InChI=1S/C17H24N4/c1-20-9-4-6-16(20)13-19-12-15-7-10-21(2)17(15)14-5-3-8-18-11-14/h3-6,8-9,11,15,17,19H,7,10,12-13H2,1-2H3/t15-,17-/m0/s1. The van der Waals surface area contributed by atoms with Crippen molar-refractivity contribution in [2.45, 2.75) is 19.0 Å². The van der Waals surface area contributed by atoms with Crippen LogP contribution in [-0.2, 0) is 13.6 Å². The summed E-state index contributed by atoms with van der Waals surface area (Å²) < 4.78 is 2.17. The molecule has 1 aliphatic heterocycles. The Morgan fingerprint density at radius 2 is 2.19 bits per heavy atom. The molecule has 3 rings (SSSR count). The average molecular weight is 284 g/mol. The Morgan fingerprint density at radius 3 is 2.90 bits per heavy atom. The maximum Gasteiger partial charge on any atom is 0.0401 e. The van der Waals surface area contributed by atoms with Crippen molar-refractivity contribution in [2.75, 3.05) is 20.1 Å². The highest BCUT2D eigenvalue weighted by Crippen LogP contribution is 2.35. The van der Waals surface area contributed by atoms with Crippen molar-refractivity contribution in [2.24, 2.45) is 13.0 Å². The molecule has 0 aromatic carbocycles. The van der Waals surface area contributed by atoms with Gasteiger partial charge >= 0.3 is 0 Å². The molecule has 4 heteroatoms. The molecular weight excluding hydrogens is 260 g/mol. The fourth-order valence-electron chi connectivity index (χ4n) is 3.38. The van der Waals surface area contributed by atoms with Crippen LogP contribution in [-0.4, -0.2) is 34.6 Å². The Bertz CT molecular complexity index is 563. The summed E-state index contributed by atoms with van der Waals surface area (Å²) in [6.07, 6.45) is 7.20. The molecule has 3 heterocycles. The molecule has 0 saturated carbocycles. The van der Waals surface area contributed by atoms with Gasteiger partial charge in [0.1, 0.15) is 0 Å². The summed E-state index contributed by atoms with van der Waals surface area (Å²) in [5.41, 5.74) is 2.67. The molecule has 112 valence electrons. The van der Waals surface area contributed by atoms with E-state index < -0.39 is 0 Å². The van der Waals surface area contributed by atoms with Crippen LogP contribution in [0.4, 0.5) is 0 Å². The third kappa shape index (κ3) is 3.17. The maximum atomic E-state index is 4.28. The van der Waals surface area contributed by atoms with Gasteiger partial charge in [-0.15, -0.1) is 0 Å². The van der Waals surface area contributed by atoms with Crippen molar-refractivity contribution in [3.63, 3.8) is 0 Å². The zero-order valence-corrected chi connectivity index (χ0v) is 12.9. The van der Waals surface area contributed by atoms with Gasteiger partial charge < -0.3 is 9.88 Å². The molecule has 0 unspecified atom stereocenters. The zero-order chi connectivity index (χ0) is 14.7. The Labute approximate surface area is 126 Å². The molecule has 0 amide bonds. The van der Waals surface area contributed by atoms with Gasteiger partial charge in [0.05, 0.1) is 0 Å². The first-order chi connectivity index (χ1) is 10.3. The summed E-state index contributed by atoms with van der Waals surface area (Å²) >= 11 is 0. The van der Waals surface area contributed by atoms with Gasteiger partial charge in [0.15, 0.2) is 0 Å². The number of hydrogen-bond donors (Lipinski definition) is 1. The maximum absolute atomic E-state index is 4.28. The van der Waals surface area contributed by atoms with E-state index in [4.69, 9.17) is 0 Å². The molecule has 0 aliphatic carbocycles. The minimum atomic E-state index is 0.486. The summed E-state index contributed by atoms with van der Waals surface area (Å²) in [6.45, 7) is 3.15. The second kappa shape index (κ2) is 6.41. The highest BCUT2D eigenvalue weighted by atomic mass is 15.2. The van der Waals surface area contributed by atoms with Gasteiger partial charge in [0.25, 0.3) is 0 Å². The van der Waals surface area contributed by atoms with E-state index >= 15 is 0 Å². The lowest BCUT2D eigenvalue weighted by atomic mass is 9.95. The van der Waals surface area contributed by atoms with Crippen molar-refractivity contribution in [1.82, 2.24) is 19.8 Å². The van der Waals surface area contributed by atoms with Crippen LogP contribution >= 0.6 is 0 Å². The quantitative estimate of drug-likeness (QED) is 0.914. The predicted molar refractivity (Wildman–Crippen MR) is 84.8 cm³/mol. The largest absolute Gasteiger partial charge is 0.353 e. The van der Waals surface area contributed by atoms with Crippen LogP contribution in [0, 0.1) is 5.92 Å². The van der Waals surface area contributed by atoms with Gasteiger partial charge in [0.2, 0.25) is 0 Å². The SMILES string of the molecule is CN1CC[C@@H](CNCc2cccn2C)[C@@H]1c1cccnc1. The lowest BCUT2D eigenvalue weighted by Gasteiger charge is -2.25. The fourth-order valence-corrected chi connectivity index (χ4v) is 3.38. The van der Waals surface area contributed by atoms with Crippen molar-refractivity contribution in [3.05, 3.63) is 54.1 Å². The van der Waals surface area contributed by atoms with E-state index in [9.17, 15) is 0 Å². The second-order valence-corrected chi connectivity index (χ2v) is 6.00. The van der Waals surface area contributed by atoms with Crippen LogP contribution < -0.4 is 5.32 Å². The Kier molecular flexibility index (Phi) is 4.36. The van der Waals surface area contributed by atoms with E-state index in [2.05, 4.69) is 58.3 Å². The van der Waals surface area contributed by atoms with Gasteiger partial charge in [-0.3, -0.25) is 9.88 Å². The second-order valence-electron chi connectivity index (χ2n) is 6.00. The van der Waals surface area contributed by atoms with Crippen LogP contribution in [0.5, 0.6) is 0 Å². The van der Waals surface area contributed by atoms with Crippen molar-refractivity contribution >= 4 is 0 Å². The monoisotopic (exact) mass is 284 g/mol. The molecule has 4 nitrogen and oxygen atoms in total. The first-order valence-corrected chi connectivity index (χ1v) is 7.67. The minimum Gasteiger partial charge on any atom is -0.353 e. The molecule has 0 bridgehead atoms. The number of likely N-dealkylation sites (tertiary alicyclic amines) is 1. The van der Waals surface area contributed by atoms with Gasteiger partial charge in [0, 0.05) is 50.5 Å². The number of hydrogen-bond acceptors (Lipinski definition) is 3. The predicted octanol–water partition coefficient (Wildman–Crippen LogP) is 2.20. The number of aromatic nitrogens is 2. The molecule has 0 radical (unpaired) electrons. The summed E-state index contributed by atoms with van der Waals surface area (Å²) in [5, 5.41) is 3.62. The first-order valence-electron chi connectivity index (χ1n) is 7.67. The third-order valence-electron chi connectivity index (χ3n) is 4.56. The molecule has 2 aromatic rings. The van der Waals surface area contributed by atoms with E-state index in [-0.39, 0.29) is 0 Å². The molecule has 2 atom stereocenters. The van der Waals surface area contributed by atoms with Gasteiger partial charge in [-0.05, 0) is 49.7 Å². The number of aryl methyl sites for hydroxylation is 1. The number of nitrogens with one attached hydrogen (secondary N) is 1. The van der Waals surface area contributed by atoms with E-state index in [1.165, 1.54) is 17.7 Å².